The van der Waals surface area contributed by atoms with Gasteiger partial charge < -0.3 is 17.2 Å². The number of carbonyl (C=O) groups is 1. The molecule has 0 spiro atoms. The highest BCUT2D eigenvalue weighted by Crippen LogP contribution is 2.41. The first-order chi connectivity index (χ1) is 25.1. The fourth-order valence-electron chi connectivity index (χ4n) is 5.21. The van der Waals surface area contributed by atoms with Crippen molar-refractivity contribution in [2.75, 3.05) is 22.6 Å². The van der Waals surface area contributed by atoms with Gasteiger partial charge in [0.2, 0.25) is 5.78 Å². The Kier molecular flexibility index (Phi) is 9.70. The minimum atomic E-state index is -5.06. The number of rotatable bonds is 9. The highest BCUT2D eigenvalue weighted by Gasteiger charge is 2.37. The van der Waals surface area contributed by atoms with Crippen LogP contribution in [0, 0.1) is 6.92 Å². The second-order valence-electron chi connectivity index (χ2n) is 11.6. The molecular formula is C35H29N9O7S2. The third kappa shape index (κ3) is 7.85. The molecule has 0 aliphatic heterocycles. The van der Waals surface area contributed by atoms with E-state index in [1.807, 2.05) is 19.1 Å². The number of aryl methyl sites for hydroxylation is 1. The topological polar surface area (TPSA) is 278 Å². The Hall–Kier alpha value is -6.60. The van der Waals surface area contributed by atoms with Crippen LogP contribution in [0.4, 0.5) is 45.5 Å². The minimum Gasteiger partial charge on any atom is -0.398 e. The van der Waals surface area contributed by atoms with Crippen LogP contribution in [-0.4, -0.2) is 37.4 Å². The van der Waals surface area contributed by atoms with Crippen LogP contribution in [-0.2, 0) is 20.2 Å². The van der Waals surface area contributed by atoms with Crippen LogP contribution in [0.3, 0.4) is 0 Å². The summed E-state index contributed by atoms with van der Waals surface area (Å²) in [5, 5.41) is 20.4. The average molecular weight is 752 g/mol. The molecule has 0 aromatic heterocycles. The molecule has 0 radical (unpaired) electrons. The Labute approximate surface area is 303 Å². The number of Topliss-reactive ketones (excluding diaryl/α,β-unsaturated/α-hetero) is 1. The van der Waals surface area contributed by atoms with E-state index in [0.29, 0.717) is 28.4 Å². The second kappa shape index (κ2) is 14.2. The summed E-state index contributed by atoms with van der Waals surface area (Å²) in [5.41, 5.74) is 23.3. The SMILES string of the molecule is Cc1cc(N=Nc2ccc(-c3ccc(N=Nc4c(S(=O)(=O)O)cc5c(c4N)C(=O)/C(=N\Nc4ccccc4)C(S(=O)(=O)O)=C5)cc3)cc2)c(N)cc1N. The zero-order valence-corrected chi connectivity index (χ0v) is 29.2. The summed E-state index contributed by atoms with van der Waals surface area (Å²) >= 11 is 0. The van der Waals surface area contributed by atoms with Crippen molar-refractivity contribution in [1.82, 2.24) is 0 Å². The highest BCUT2D eigenvalue weighted by molar-refractivity contribution is 7.91. The lowest BCUT2D eigenvalue weighted by Gasteiger charge is -2.20. The predicted octanol–water partition coefficient (Wildman–Crippen LogP) is 7.38. The number of azo groups is 2. The van der Waals surface area contributed by atoms with Crippen LogP contribution >= 0.6 is 0 Å². The molecule has 0 atom stereocenters. The first-order valence-corrected chi connectivity index (χ1v) is 18.2. The maximum absolute atomic E-state index is 13.7. The van der Waals surface area contributed by atoms with Crippen molar-refractivity contribution in [3.63, 3.8) is 0 Å². The van der Waals surface area contributed by atoms with Gasteiger partial charge in [0, 0.05) is 5.69 Å². The van der Waals surface area contributed by atoms with Crippen molar-refractivity contribution in [2.45, 2.75) is 11.8 Å². The van der Waals surface area contributed by atoms with E-state index in [1.54, 1.807) is 78.9 Å². The van der Waals surface area contributed by atoms with E-state index >= 15 is 0 Å². The van der Waals surface area contributed by atoms with Gasteiger partial charge in [-0.2, -0.15) is 32.2 Å². The molecule has 0 saturated carbocycles. The van der Waals surface area contributed by atoms with Gasteiger partial charge in [0.1, 0.15) is 21.2 Å². The lowest BCUT2D eigenvalue weighted by molar-refractivity contribution is 0.106. The van der Waals surface area contributed by atoms with Crippen LogP contribution in [0.5, 0.6) is 0 Å². The zero-order valence-electron chi connectivity index (χ0n) is 27.5. The number of ketones is 1. The summed E-state index contributed by atoms with van der Waals surface area (Å²) in [6, 6.07) is 26.3. The summed E-state index contributed by atoms with van der Waals surface area (Å²) in [6.07, 6.45) is 0.814. The Balaban J connectivity index is 1.29. The number of hydrazone groups is 1. The van der Waals surface area contributed by atoms with E-state index in [9.17, 15) is 30.7 Å². The van der Waals surface area contributed by atoms with Crippen LogP contribution in [0.2, 0.25) is 0 Å². The Morgan fingerprint density at radius 1 is 0.679 bits per heavy atom. The number of fused-ring (bicyclic) bond motifs is 1. The van der Waals surface area contributed by atoms with Crippen LogP contribution in [0.1, 0.15) is 21.5 Å². The second-order valence-corrected chi connectivity index (χ2v) is 14.4. The number of carbonyl (C=O) groups excluding carboxylic acids is 1. The van der Waals surface area contributed by atoms with Gasteiger partial charge >= 0.3 is 0 Å². The van der Waals surface area contributed by atoms with Gasteiger partial charge in [-0.25, -0.2) is 0 Å². The van der Waals surface area contributed by atoms with Crippen molar-refractivity contribution in [3.05, 3.63) is 119 Å². The molecule has 53 heavy (non-hydrogen) atoms. The molecular weight excluding hydrogens is 723 g/mol. The van der Waals surface area contributed by atoms with E-state index in [1.165, 1.54) is 0 Å². The lowest BCUT2D eigenvalue weighted by Crippen LogP contribution is -2.28. The first-order valence-electron chi connectivity index (χ1n) is 15.4. The molecule has 18 heteroatoms. The molecule has 6 rings (SSSR count). The van der Waals surface area contributed by atoms with Crippen LogP contribution in [0.15, 0.2) is 132 Å². The third-order valence-electron chi connectivity index (χ3n) is 7.94. The number of nitrogens with zero attached hydrogens (tertiary/aromatic N) is 5. The number of benzene rings is 5. The fourth-order valence-corrected chi connectivity index (χ4v) is 6.53. The Morgan fingerprint density at radius 3 is 1.83 bits per heavy atom. The van der Waals surface area contributed by atoms with Crippen molar-refractivity contribution >= 4 is 83.3 Å². The number of hydrogen-bond acceptors (Lipinski definition) is 14. The standard InChI is InChI=1S/C35H29N9O7S2/c1-19-15-28(27(37)18-26(19)36)42-39-24-11-7-20(8-12-24)21-9-13-25(14-10-21)41-43-33-29(52(46,47)48)16-22-17-30(53(49,50)51)34(35(45)31(22)32(33)38)44-40-23-5-3-2-4-6-23/h2-18,40H,36-38H2,1H3,(H,46,47,48)(H,49,50,51)/b42-39?,43-41?,44-34-. The normalized spacial score (nSPS) is 14.1. The first kappa shape index (κ1) is 36.2. The molecule has 5 aromatic carbocycles. The summed E-state index contributed by atoms with van der Waals surface area (Å²) in [6.45, 7) is 1.85. The summed E-state index contributed by atoms with van der Waals surface area (Å²) in [5.74, 6) is -1.07. The van der Waals surface area contributed by atoms with Crippen molar-refractivity contribution in [3.8, 4) is 11.1 Å². The molecule has 0 unspecified atom stereocenters. The molecule has 0 fully saturated rings. The summed E-state index contributed by atoms with van der Waals surface area (Å²) in [4.78, 5) is 11.9. The van der Waals surface area contributed by atoms with E-state index in [4.69, 9.17) is 17.2 Å². The number of allylic oxidation sites excluding steroid dienone is 1. The molecule has 0 saturated heterocycles. The maximum Gasteiger partial charge on any atom is 0.296 e. The minimum absolute atomic E-state index is 0.253. The van der Waals surface area contributed by atoms with Gasteiger partial charge in [-0.3, -0.25) is 19.3 Å². The van der Waals surface area contributed by atoms with Gasteiger partial charge in [-0.15, -0.1) is 10.2 Å². The third-order valence-corrected chi connectivity index (χ3v) is 9.68. The van der Waals surface area contributed by atoms with E-state index in [2.05, 4.69) is 31.0 Å². The number of nitrogens with one attached hydrogen (secondary N) is 1. The van der Waals surface area contributed by atoms with Crippen molar-refractivity contribution in [2.24, 2.45) is 25.6 Å². The highest BCUT2D eigenvalue weighted by atomic mass is 32.2. The quantitative estimate of drug-likeness (QED) is 0.0374. The molecule has 1 aliphatic rings. The molecule has 16 nitrogen and oxygen atoms in total. The fraction of sp³-hybridized carbons (Fsp3) is 0.0286. The molecule has 0 bridgehead atoms. The van der Waals surface area contributed by atoms with Crippen LogP contribution < -0.4 is 22.6 Å². The lowest BCUT2D eigenvalue weighted by atomic mass is 9.92. The van der Waals surface area contributed by atoms with E-state index in [-0.39, 0.29) is 16.8 Å². The maximum atomic E-state index is 13.7. The number of anilines is 4. The van der Waals surface area contributed by atoms with Crippen molar-refractivity contribution < 1.29 is 30.7 Å². The largest absolute Gasteiger partial charge is 0.398 e. The number of nitrogens with two attached hydrogens (primary N) is 3. The monoisotopic (exact) mass is 751 g/mol. The molecule has 5 aromatic rings. The van der Waals surface area contributed by atoms with Gasteiger partial charge in [0.05, 0.1) is 34.0 Å². The Morgan fingerprint density at radius 2 is 1.26 bits per heavy atom. The number of nitrogen functional groups attached to an aromatic ring is 3. The average Bonchev–Trinajstić information content (AvgIpc) is 3.11. The number of para-hydroxylation sites is 1. The van der Waals surface area contributed by atoms with Crippen molar-refractivity contribution in [1.29, 1.82) is 0 Å². The molecule has 9 N–H and O–H groups in total. The number of hydrogen-bond donors (Lipinski definition) is 6. The van der Waals surface area contributed by atoms with Gasteiger partial charge in [0.15, 0.2) is 5.71 Å². The predicted molar refractivity (Wildman–Crippen MR) is 202 cm³/mol. The smallest absolute Gasteiger partial charge is 0.296 e. The van der Waals surface area contributed by atoms with Gasteiger partial charge in [0.25, 0.3) is 20.2 Å². The van der Waals surface area contributed by atoms with Gasteiger partial charge in [-0.05, 0) is 89.9 Å². The molecule has 268 valence electrons. The zero-order chi connectivity index (χ0) is 38.1. The summed E-state index contributed by atoms with van der Waals surface area (Å²) in [7, 11) is -10.1. The van der Waals surface area contributed by atoms with E-state index in [0.717, 1.165) is 28.8 Å². The Bertz CT molecular complexity index is 2630. The van der Waals surface area contributed by atoms with Crippen LogP contribution in [0.25, 0.3) is 17.2 Å². The van der Waals surface area contributed by atoms with Gasteiger partial charge in [-0.1, -0.05) is 42.5 Å². The molecule has 1 aliphatic carbocycles. The molecule has 0 amide bonds. The summed E-state index contributed by atoms with van der Waals surface area (Å²) < 4.78 is 69.3. The molecule has 0 heterocycles. The van der Waals surface area contributed by atoms with E-state index < -0.39 is 52.9 Å².